The maximum atomic E-state index is 12.6. The van der Waals surface area contributed by atoms with Crippen LogP contribution in [0.1, 0.15) is 11.1 Å². The number of aromatic hydroxyl groups is 1. The summed E-state index contributed by atoms with van der Waals surface area (Å²) in [6, 6.07) is 28.3. The number of phenols is 1. The van der Waals surface area contributed by atoms with Crippen molar-refractivity contribution in [2.24, 2.45) is 0 Å². The topological polar surface area (TPSA) is 90.8 Å². The number of carbonyl (C=O) groups is 1. The van der Waals surface area contributed by atoms with Crippen molar-refractivity contribution in [3.05, 3.63) is 102 Å². The first-order valence-electron chi connectivity index (χ1n) is 11.7. The number of ether oxygens (including phenoxy) is 1. The molecule has 0 aliphatic carbocycles. The van der Waals surface area contributed by atoms with E-state index in [9.17, 15) is 15.0 Å². The van der Waals surface area contributed by atoms with Crippen molar-refractivity contribution in [3.63, 3.8) is 0 Å². The molecule has 188 valence electrons. The van der Waals surface area contributed by atoms with Gasteiger partial charge in [-0.15, -0.1) is 12.4 Å². The van der Waals surface area contributed by atoms with Gasteiger partial charge in [0.1, 0.15) is 24.2 Å². The number of rotatable bonds is 11. The van der Waals surface area contributed by atoms with Gasteiger partial charge in [0.2, 0.25) is 5.91 Å². The first-order chi connectivity index (χ1) is 17.1. The summed E-state index contributed by atoms with van der Waals surface area (Å²) in [5.74, 6) is 0.737. The van der Waals surface area contributed by atoms with Gasteiger partial charge in [0, 0.05) is 12.2 Å². The molecule has 0 heterocycles. The number of hydrogen-bond donors (Lipinski definition) is 4. The second-order valence-corrected chi connectivity index (χ2v) is 8.47. The van der Waals surface area contributed by atoms with Crippen molar-refractivity contribution in [1.29, 1.82) is 0 Å². The molecule has 0 bridgehead atoms. The summed E-state index contributed by atoms with van der Waals surface area (Å²) in [5.41, 5.74) is 2.92. The highest BCUT2D eigenvalue weighted by molar-refractivity contribution is 5.96. The first kappa shape index (κ1) is 27.0. The van der Waals surface area contributed by atoms with Crippen LogP contribution in [-0.4, -0.2) is 41.9 Å². The number of hydrogen-bond acceptors (Lipinski definition) is 5. The highest BCUT2D eigenvalue weighted by Crippen LogP contribution is 2.20. The molecule has 1 amide bonds. The number of fused-ring (bicyclic) bond motifs is 1. The smallest absolute Gasteiger partial charge is 0.228 e. The Balaban J connectivity index is 0.00000361. The molecule has 4 aromatic rings. The fourth-order valence-corrected chi connectivity index (χ4v) is 3.87. The zero-order valence-corrected chi connectivity index (χ0v) is 20.7. The highest BCUT2D eigenvalue weighted by Gasteiger charge is 2.08. The van der Waals surface area contributed by atoms with E-state index in [1.54, 1.807) is 24.3 Å². The Morgan fingerprint density at radius 1 is 0.889 bits per heavy atom. The predicted octanol–water partition coefficient (Wildman–Crippen LogP) is 4.72. The van der Waals surface area contributed by atoms with Crippen LogP contribution in [0.4, 0.5) is 5.69 Å². The molecule has 4 rings (SSSR count). The Labute approximate surface area is 217 Å². The van der Waals surface area contributed by atoms with Crippen LogP contribution in [0.25, 0.3) is 10.8 Å². The molecule has 1 atom stereocenters. The number of nitrogens with one attached hydrogen (secondary N) is 2. The van der Waals surface area contributed by atoms with E-state index in [1.165, 1.54) is 0 Å². The number of benzene rings is 4. The van der Waals surface area contributed by atoms with Gasteiger partial charge in [-0.1, -0.05) is 54.6 Å². The SMILES string of the molecule is Cl.O=C(Cc1cccc2ccccc12)Nc1ccc(CCNC[C@H](O)COc2ccc(O)cc2)cc1. The van der Waals surface area contributed by atoms with Crippen LogP contribution in [0.3, 0.4) is 0 Å². The van der Waals surface area contributed by atoms with Crippen LogP contribution in [0, 0.1) is 0 Å². The van der Waals surface area contributed by atoms with Crippen LogP contribution in [0.2, 0.25) is 0 Å². The maximum absolute atomic E-state index is 12.6. The van der Waals surface area contributed by atoms with Crippen molar-refractivity contribution in [3.8, 4) is 11.5 Å². The van der Waals surface area contributed by atoms with E-state index in [1.807, 2.05) is 54.6 Å². The molecule has 0 fully saturated rings. The Morgan fingerprint density at radius 2 is 1.61 bits per heavy atom. The lowest BCUT2D eigenvalue weighted by molar-refractivity contribution is -0.115. The zero-order chi connectivity index (χ0) is 24.5. The monoisotopic (exact) mass is 506 g/mol. The van der Waals surface area contributed by atoms with Gasteiger partial charge in [-0.25, -0.2) is 0 Å². The maximum Gasteiger partial charge on any atom is 0.228 e. The minimum Gasteiger partial charge on any atom is -0.508 e. The van der Waals surface area contributed by atoms with Gasteiger partial charge in [-0.2, -0.15) is 0 Å². The molecule has 6 nitrogen and oxygen atoms in total. The molecule has 36 heavy (non-hydrogen) atoms. The Kier molecular flexibility index (Phi) is 10.1. The third-order valence-electron chi connectivity index (χ3n) is 5.72. The van der Waals surface area contributed by atoms with E-state index < -0.39 is 6.10 Å². The number of anilines is 1. The zero-order valence-electron chi connectivity index (χ0n) is 19.9. The summed E-state index contributed by atoms with van der Waals surface area (Å²) in [7, 11) is 0. The first-order valence-corrected chi connectivity index (χ1v) is 11.7. The normalized spacial score (nSPS) is 11.5. The molecule has 0 aliphatic heterocycles. The van der Waals surface area contributed by atoms with Gasteiger partial charge in [-0.05, 0) is 71.3 Å². The fraction of sp³-hybridized carbons (Fsp3) is 0.207. The van der Waals surface area contributed by atoms with Crippen LogP contribution in [-0.2, 0) is 17.6 Å². The van der Waals surface area contributed by atoms with E-state index in [2.05, 4.69) is 22.8 Å². The summed E-state index contributed by atoms with van der Waals surface area (Å²) in [5, 5.41) is 27.8. The van der Waals surface area contributed by atoms with Gasteiger partial charge >= 0.3 is 0 Å². The summed E-state index contributed by atoms with van der Waals surface area (Å²) in [6.45, 7) is 1.30. The molecule has 0 aromatic heterocycles. The molecular weight excluding hydrogens is 476 g/mol. The minimum atomic E-state index is -0.636. The molecule has 4 N–H and O–H groups in total. The van der Waals surface area contributed by atoms with Crippen LogP contribution in [0.5, 0.6) is 11.5 Å². The van der Waals surface area contributed by atoms with Crippen LogP contribution in [0.15, 0.2) is 91.0 Å². The average Bonchev–Trinajstić information content (AvgIpc) is 2.87. The van der Waals surface area contributed by atoms with E-state index in [4.69, 9.17) is 4.74 Å². The Hall–Kier alpha value is -3.58. The third kappa shape index (κ3) is 7.99. The van der Waals surface area contributed by atoms with Gasteiger partial charge < -0.3 is 25.6 Å². The standard InChI is InChI=1S/C29H30N2O4.ClH/c32-25-12-14-27(15-13-25)35-20-26(33)19-30-17-16-21-8-10-24(11-9-21)31-29(34)18-23-6-3-5-22-4-1-2-7-28(22)23;/h1-15,26,30,32-33H,16-20H2,(H,31,34);1H/t26-;/m0./s1. The number of halogens is 1. The molecule has 0 unspecified atom stereocenters. The van der Waals surface area contributed by atoms with Crippen LogP contribution >= 0.6 is 12.4 Å². The highest BCUT2D eigenvalue weighted by atomic mass is 35.5. The van der Waals surface area contributed by atoms with Crippen LogP contribution < -0.4 is 15.4 Å². The summed E-state index contributed by atoms with van der Waals surface area (Å²) < 4.78 is 5.51. The number of amides is 1. The second kappa shape index (κ2) is 13.5. The molecule has 0 radical (unpaired) electrons. The molecule has 0 spiro atoms. The minimum absolute atomic E-state index is 0. The van der Waals surface area contributed by atoms with Gasteiger partial charge in [0.15, 0.2) is 0 Å². The summed E-state index contributed by atoms with van der Waals surface area (Å²) in [6.07, 6.45) is 0.491. The van der Waals surface area contributed by atoms with E-state index in [-0.39, 0.29) is 30.7 Å². The van der Waals surface area contributed by atoms with Crippen molar-refractivity contribution < 1.29 is 19.7 Å². The molecule has 0 aliphatic rings. The van der Waals surface area contributed by atoms with Crippen molar-refractivity contribution in [2.75, 3.05) is 25.0 Å². The largest absolute Gasteiger partial charge is 0.508 e. The number of carbonyl (C=O) groups excluding carboxylic acids is 1. The number of phenolic OH excluding ortho intramolecular Hbond substituents is 1. The van der Waals surface area contributed by atoms with E-state index in [0.29, 0.717) is 25.3 Å². The Morgan fingerprint density at radius 3 is 2.39 bits per heavy atom. The van der Waals surface area contributed by atoms with Crippen molar-refractivity contribution in [2.45, 2.75) is 18.9 Å². The van der Waals surface area contributed by atoms with Gasteiger partial charge in [-0.3, -0.25) is 4.79 Å². The Bertz CT molecular complexity index is 1240. The molecule has 0 saturated heterocycles. The summed E-state index contributed by atoms with van der Waals surface area (Å²) in [4.78, 5) is 12.6. The third-order valence-corrected chi connectivity index (χ3v) is 5.72. The van der Waals surface area contributed by atoms with E-state index in [0.717, 1.165) is 34.0 Å². The van der Waals surface area contributed by atoms with Crippen molar-refractivity contribution in [1.82, 2.24) is 5.32 Å². The number of aliphatic hydroxyl groups is 1. The lowest BCUT2D eigenvalue weighted by Gasteiger charge is -2.13. The predicted molar refractivity (Wildman–Crippen MR) is 146 cm³/mol. The lowest BCUT2D eigenvalue weighted by atomic mass is 10.0. The average molecular weight is 507 g/mol. The molecular formula is C29H31ClN2O4. The second-order valence-electron chi connectivity index (χ2n) is 8.47. The molecule has 0 saturated carbocycles. The molecule has 7 heteroatoms. The van der Waals surface area contributed by atoms with Gasteiger partial charge in [0.05, 0.1) is 6.42 Å². The lowest BCUT2D eigenvalue weighted by Crippen LogP contribution is -2.32. The van der Waals surface area contributed by atoms with Gasteiger partial charge in [0.25, 0.3) is 0 Å². The quantitative estimate of drug-likeness (QED) is 0.221. The van der Waals surface area contributed by atoms with E-state index >= 15 is 0 Å². The molecule has 4 aromatic carbocycles. The number of aliphatic hydroxyl groups excluding tert-OH is 1. The fourth-order valence-electron chi connectivity index (χ4n) is 3.87. The summed E-state index contributed by atoms with van der Waals surface area (Å²) >= 11 is 0. The van der Waals surface area contributed by atoms with Crippen molar-refractivity contribution >= 4 is 34.8 Å².